The van der Waals surface area contributed by atoms with Crippen molar-refractivity contribution in [2.45, 2.75) is 58.2 Å². The molecule has 0 aromatic carbocycles. The van der Waals surface area contributed by atoms with Crippen molar-refractivity contribution >= 4 is 11.3 Å². The van der Waals surface area contributed by atoms with E-state index in [9.17, 15) is 0 Å². The Balaban J connectivity index is 1.92. The lowest BCUT2D eigenvalue weighted by molar-refractivity contribution is 0.130. The highest BCUT2D eigenvalue weighted by molar-refractivity contribution is 7.09. The number of hydrogen-bond acceptors (Lipinski definition) is 4. The maximum Gasteiger partial charge on any atom is 0.107 e. The Morgan fingerprint density at radius 3 is 3.17 bits per heavy atom. The predicted molar refractivity (Wildman–Crippen MR) is 77.8 cm³/mol. The molecule has 1 saturated heterocycles. The summed E-state index contributed by atoms with van der Waals surface area (Å²) in [7, 11) is 1.98. The van der Waals surface area contributed by atoms with Gasteiger partial charge in [-0.3, -0.25) is 4.90 Å². The molecule has 1 atom stereocenters. The van der Waals surface area contributed by atoms with Gasteiger partial charge in [-0.2, -0.15) is 0 Å². The lowest BCUT2D eigenvalue weighted by Gasteiger charge is -2.35. The van der Waals surface area contributed by atoms with Crippen LogP contribution in [-0.2, 0) is 13.1 Å². The van der Waals surface area contributed by atoms with E-state index in [0.29, 0.717) is 0 Å². The first-order valence-electron chi connectivity index (χ1n) is 7.15. The quantitative estimate of drug-likeness (QED) is 0.859. The molecule has 102 valence electrons. The molecule has 0 amide bonds. The van der Waals surface area contributed by atoms with E-state index in [2.05, 4.69) is 22.5 Å². The molecule has 3 nitrogen and oxygen atoms in total. The average Bonchev–Trinajstić information content (AvgIpc) is 2.80. The number of nitrogens with zero attached hydrogens (tertiary/aromatic N) is 2. The molecule has 1 aliphatic heterocycles. The average molecular weight is 267 g/mol. The molecule has 1 aromatic heterocycles. The minimum atomic E-state index is 0.790. The van der Waals surface area contributed by atoms with Gasteiger partial charge in [-0.15, -0.1) is 11.3 Å². The van der Waals surface area contributed by atoms with Crippen LogP contribution in [0, 0.1) is 0 Å². The minimum Gasteiger partial charge on any atom is -0.314 e. The zero-order valence-electron chi connectivity index (χ0n) is 11.6. The van der Waals surface area contributed by atoms with Crippen LogP contribution in [0.3, 0.4) is 0 Å². The van der Waals surface area contributed by atoms with Crippen LogP contribution >= 0.6 is 11.3 Å². The lowest BCUT2D eigenvalue weighted by Crippen LogP contribution is -2.38. The van der Waals surface area contributed by atoms with Crippen LogP contribution in [0.5, 0.6) is 0 Å². The molecule has 1 fully saturated rings. The van der Waals surface area contributed by atoms with E-state index >= 15 is 0 Å². The Hall–Kier alpha value is -0.450. The molecule has 2 rings (SSSR count). The maximum atomic E-state index is 4.70. The van der Waals surface area contributed by atoms with Crippen LogP contribution < -0.4 is 5.32 Å². The van der Waals surface area contributed by atoms with Crippen molar-refractivity contribution in [3.63, 3.8) is 0 Å². The normalized spacial score (nSPS) is 21.3. The highest BCUT2D eigenvalue weighted by Crippen LogP contribution is 2.23. The third-order valence-corrected chi connectivity index (χ3v) is 4.56. The highest BCUT2D eigenvalue weighted by atomic mass is 32.1. The van der Waals surface area contributed by atoms with Crippen LogP contribution in [0.4, 0.5) is 0 Å². The number of nitrogens with one attached hydrogen (secondary N) is 1. The summed E-state index contributed by atoms with van der Waals surface area (Å²) in [6, 6.07) is 0.790. The van der Waals surface area contributed by atoms with Crippen molar-refractivity contribution < 1.29 is 0 Å². The summed E-state index contributed by atoms with van der Waals surface area (Å²) in [5.74, 6) is 0. The number of rotatable bonds is 6. The molecule has 0 spiro atoms. The van der Waals surface area contributed by atoms with Crippen molar-refractivity contribution in [2.75, 3.05) is 13.6 Å². The molecule has 1 unspecified atom stereocenters. The Bertz CT molecular complexity index is 349. The topological polar surface area (TPSA) is 28.2 Å². The van der Waals surface area contributed by atoms with Gasteiger partial charge in [0.2, 0.25) is 0 Å². The van der Waals surface area contributed by atoms with E-state index < -0.39 is 0 Å². The second kappa shape index (κ2) is 7.22. The summed E-state index contributed by atoms with van der Waals surface area (Å²) in [5, 5.41) is 6.60. The molecule has 1 aliphatic rings. The lowest BCUT2D eigenvalue weighted by atomic mass is 9.98. The van der Waals surface area contributed by atoms with Crippen molar-refractivity contribution in [1.29, 1.82) is 0 Å². The van der Waals surface area contributed by atoms with Gasteiger partial charge in [-0.25, -0.2) is 4.98 Å². The SMILES string of the molecule is CCCC1CCCCN1Cc1csc(CNC)n1. The Kier molecular flexibility index (Phi) is 5.60. The van der Waals surface area contributed by atoms with E-state index in [4.69, 9.17) is 4.98 Å². The second-order valence-corrected chi connectivity index (χ2v) is 6.11. The molecule has 4 heteroatoms. The summed E-state index contributed by atoms with van der Waals surface area (Å²) >= 11 is 1.78. The molecule has 18 heavy (non-hydrogen) atoms. The Morgan fingerprint density at radius 2 is 2.39 bits per heavy atom. The van der Waals surface area contributed by atoms with Crippen LogP contribution in [0.25, 0.3) is 0 Å². The Morgan fingerprint density at radius 1 is 1.50 bits per heavy atom. The molecule has 0 saturated carbocycles. The van der Waals surface area contributed by atoms with Crippen LogP contribution in [0.2, 0.25) is 0 Å². The Labute approximate surface area is 115 Å². The molecule has 2 heterocycles. The van der Waals surface area contributed by atoms with Gasteiger partial charge in [0, 0.05) is 24.5 Å². The monoisotopic (exact) mass is 267 g/mol. The largest absolute Gasteiger partial charge is 0.314 e. The van der Waals surface area contributed by atoms with Gasteiger partial charge in [0.25, 0.3) is 0 Å². The number of aromatic nitrogens is 1. The van der Waals surface area contributed by atoms with E-state index in [1.807, 2.05) is 7.05 Å². The number of thiazole rings is 1. The molecule has 1 N–H and O–H groups in total. The van der Waals surface area contributed by atoms with E-state index in [-0.39, 0.29) is 0 Å². The molecular formula is C14H25N3S. The third kappa shape index (κ3) is 3.77. The summed E-state index contributed by atoms with van der Waals surface area (Å²) in [5.41, 5.74) is 1.26. The van der Waals surface area contributed by atoms with Gasteiger partial charge in [0.1, 0.15) is 5.01 Å². The molecule has 0 radical (unpaired) electrons. The van der Waals surface area contributed by atoms with Crippen LogP contribution in [-0.4, -0.2) is 29.5 Å². The van der Waals surface area contributed by atoms with Crippen molar-refractivity contribution in [3.05, 3.63) is 16.1 Å². The third-order valence-electron chi connectivity index (χ3n) is 3.66. The molecule has 1 aromatic rings. The number of likely N-dealkylation sites (tertiary alicyclic amines) is 1. The highest BCUT2D eigenvalue weighted by Gasteiger charge is 2.22. The summed E-state index contributed by atoms with van der Waals surface area (Å²) in [6.45, 7) is 5.48. The van der Waals surface area contributed by atoms with Crippen molar-refractivity contribution in [3.8, 4) is 0 Å². The predicted octanol–water partition coefficient (Wildman–Crippen LogP) is 3.02. The molecule has 0 aliphatic carbocycles. The fourth-order valence-corrected chi connectivity index (χ4v) is 3.59. The first-order valence-corrected chi connectivity index (χ1v) is 8.03. The van der Waals surface area contributed by atoms with Crippen LogP contribution in [0.15, 0.2) is 5.38 Å². The summed E-state index contributed by atoms with van der Waals surface area (Å²) < 4.78 is 0. The van der Waals surface area contributed by atoms with Gasteiger partial charge in [0.15, 0.2) is 0 Å². The van der Waals surface area contributed by atoms with E-state index in [1.54, 1.807) is 11.3 Å². The fourth-order valence-electron chi connectivity index (χ4n) is 2.79. The van der Waals surface area contributed by atoms with Gasteiger partial charge in [-0.1, -0.05) is 19.8 Å². The minimum absolute atomic E-state index is 0.790. The number of hydrogen-bond donors (Lipinski definition) is 1. The number of piperidine rings is 1. The van der Waals surface area contributed by atoms with Gasteiger partial charge in [-0.05, 0) is 32.9 Å². The van der Waals surface area contributed by atoms with Crippen LogP contribution in [0.1, 0.15) is 49.7 Å². The second-order valence-electron chi connectivity index (χ2n) is 5.17. The van der Waals surface area contributed by atoms with Crippen molar-refractivity contribution in [2.24, 2.45) is 0 Å². The molecule has 0 bridgehead atoms. The summed E-state index contributed by atoms with van der Waals surface area (Å²) in [6.07, 6.45) is 6.77. The molecular weight excluding hydrogens is 242 g/mol. The van der Waals surface area contributed by atoms with Gasteiger partial charge >= 0.3 is 0 Å². The zero-order chi connectivity index (χ0) is 12.8. The first kappa shape index (κ1) is 14.0. The fraction of sp³-hybridized carbons (Fsp3) is 0.786. The van der Waals surface area contributed by atoms with E-state index in [1.165, 1.54) is 49.4 Å². The van der Waals surface area contributed by atoms with E-state index in [0.717, 1.165) is 19.1 Å². The maximum absolute atomic E-state index is 4.70. The smallest absolute Gasteiger partial charge is 0.107 e. The first-order chi connectivity index (χ1) is 8.83. The standard InChI is InChI=1S/C14H25N3S/c1-3-6-13-7-4-5-8-17(13)10-12-11-18-14(16-12)9-15-2/h11,13,15H,3-10H2,1-2H3. The van der Waals surface area contributed by atoms with Crippen molar-refractivity contribution in [1.82, 2.24) is 15.2 Å². The summed E-state index contributed by atoms with van der Waals surface area (Å²) in [4.78, 5) is 7.35. The van der Waals surface area contributed by atoms with Gasteiger partial charge < -0.3 is 5.32 Å². The zero-order valence-corrected chi connectivity index (χ0v) is 12.4. The van der Waals surface area contributed by atoms with Gasteiger partial charge in [0.05, 0.1) is 5.69 Å².